The highest BCUT2D eigenvalue weighted by Crippen LogP contribution is 2.28. The predicted octanol–water partition coefficient (Wildman–Crippen LogP) is 1.12. The van der Waals surface area contributed by atoms with E-state index in [1.165, 1.54) is 0 Å². The second-order valence-corrected chi connectivity index (χ2v) is 6.03. The van der Waals surface area contributed by atoms with E-state index in [-0.39, 0.29) is 11.8 Å². The van der Waals surface area contributed by atoms with Crippen molar-refractivity contribution in [2.45, 2.75) is 51.5 Å². The van der Waals surface area contributed by atoms with Gasteiger partial charge in [0.1, 0.15) is 0 Å². The van der Waals surface area contributed by atoms with E-state index < -0.39 is 11.5 Å². The van der Waals surface area contributed by atoms with Crippen molar-refractivity contribution >= 4 is 11.9 Å². The molecule has 18 heavy (non-hydrogen) atoms. The summed E-state index contributed by atoms with van der Waals surface area (Å²) in [5, 5.41) is 11.8. The van der Waals surface area contributed by atoms with Gasteiger partial charge in [-0.2, -0.15) is 0 Å². The molecule has 0 aromatic heterocycles. The molecule has 4 N–H and O–H groups in total. The lowest BCUT2D eigenvalue weighted by atomic mass is 9.82. The van der Waals surface area contributed by atoms with Gasteiger partial charge >= 0.3 is 5.97 Å². The minimum atomic E-state index is -0.692. The van der Waals surface area contributed by atoms with Crippen LogP contribution in [0, 0.1) is 11.8 Å². The van der Waals surface area contributed by atoms with Crippen molar-refractivity contribution in [2.24, 2.45) is 17.6 Å². The highest BCUT2D eigenvalue weighted by atomic mass is 16.4. The van der Waals surface area contributed by atoms with Crippen LogP contribution in [0.3, 0.4) is 0 Å². The molecule has 0 radical (unpaired) electrons. The molecule has 1 aliphatic rings. The van der Waals surface area contributed by atoms with Gasteiger partial charge in [-0.15, -0.1) is 0 Å². The summed E-state index contributed by atoms with van der Waals surface area (Å²) in [4.78, 5) is 22.4. The van der Waals surface area contributed by atoms with Crippen molar-refractivity contribution in [3.05, 3.63) is 0 Å². The average Bonchev–Trinajstić information content (AvgIpc) is 2.24. The monoisotopic (exact) mass is 256 g/mol. The zero-order chi connectivity index (χ0) is 13.8. The van der Waals surface area contributed by atoms with E-state index >= 15 is 0 Å². The Morgan fingerprint density at radius 3 is 2.28 bits per heavy atom. The Kier molecular flexibility index (Phi) is 5.14. The molecule has 104 valence electrons. The van der Waals surface area contributed by atoms with Gasteiger partial charge in [0, 0.05) is 18.5 Å². The summed E-state index contributed by atoms with van der Waals surface area (Å²) in [7, 11) is 0. The van der Waals surface area contributed by atoms with E-state index in [0.717, 1.165) is 25.7 Å². The molecular formula is C13H24N2O3. The van der Waals surface area contributed by atoms with Gasteiger partial charge in [0.2, 0.25) is 5.91 Å². The van der Waals surface area contributed by atoms with Crippen LogP contribution >= 0.6 is 0 Å². The van der Waals surface area contributed by atoms with Crippen LogP contribution in [0.15, 0.2) is 0 Å². The lowest BCUT2D eigenvalue weighted by molar-refractivity contribution is -0.143. The molecule has 1 saturated carbocycles. The van der Waals surface area contributed by atoms with E-state index in [9.17, 15) is 9.59 Å². The lowest BCUT2D eigenvalue weighted by Gasteiger charge is -2.26. The molecule has 0 heterocycles. The molecule has 1 amide bonds. The zero-order valence-electron chi connectivity index (χ0n) is 11.2. The minimum Gasteiger partial charge on any atom is -0.481 e. The smallest absolute Gasteiger partial charge is 0.306 e. The summed E-state index contributed by atoms with van der Waals surface area (Å²) < 4.78 is 0. The molecule has 0 spiro atoms. The first-order valence-corrected chi connectivity index (χ1v) is 6.56. The van der Waals surface area contributed by atoms with Gasteiger partial charge in [-0.1, -0.05) is 0 Å². The Hall–Kier alpha value is -1.10. The van der Waals surface area contributed by atoms with Gasteiger partial charge in [-0.05, 0) is 45.4 Å². The Balaban J connectivity index is 2.22. The van der Waals surface area contributed by atoms with Crippen LogP contribution in [0.1, 0.15) is 46.0 Å². The van der Waals surface area contributed by atoms with E-state index in [4.69, 9.17) is 10.8 Å². The fourth-order valence-electron chi connectivity index (χ4n) is 2.35. The maximum atomic E-state index is 11.6. The fraction of sp³-hybridized carbons (Fsp3) is 0.846. The van der Waals surface area contributed by atoms with E-state index in [0.29, 0.717) is 18.9 Å². The van der Waals surface area contributed by atoms with Gasteiger partial charge in [0.25, 0.3) is 0 Å². The molecule has 0 bridgehead atoms. The first-order valence-electron chi connectivity index (χ1n) is 6.56. The number of carbonyl (C=O) groups excluding carboxylic acids is 1. The van der Waals surface area contributed by atoms with Crippen molar-refractivity contribution < 1.29 is 14.7 Å². The molecule has 0 aromatic rings. The minimum absolute atomic E-state index is 0.0251. The highest BCUT2D eigenvalue weighted by Gasteiger charge is 2.26. The predicted molar refractivity (Wildman–Crippen MR) is 69.0 cm³/mol. The molecule has 5 nitrogen and oxygen atoms in total. The number of nitrogens with two attached hydrogens (primary N) is 1. The van der Waals surface area contributed by atoms with E-state index in [1.807, 2.05) is 13.8 Å². The van der Waals surface area contributed by atoms with Gasteiger partial charge in [-0.25, -0.2) is 0 Å². The molecule has 0 unspecified atom stereocenters. The third-order valence-electron chi connectivity index (χ3n) is 3.40. The summed E-state index contributed by atoms with van der Waals surface area (Å²) >= 11 is 0. The topological polar surface area (TPSA) is 92.4 Å². The first kappa shape index (κ1) is 15.0. The van der Waals surface area contributed by atoms with Crippen molar-refractivity contribution in [3.8, 4) is 0 Å². The summed E-state index contributed by atoms with van der Waals surface area (Å²) in [6.45, 7) is 4.29. The first-order chi connectivity index (χ1) is 8.28. The normalized spacial score (nSPS) is 24.6. The maximum Gasteiger partial charge on any atom is 0.306 e. The quantitative estimate of drug-likeness (QED) is 0.687. The Morgan fingerprint density at radius 1 is 1.28 bits per heavy atom. The van der Waals surface area contributed by atoms with E-state index in [1.54, 1.807) is 0 Å². The number of nitrogens with one attached hydrogen (secondary N) is 1. The SMILES string of the molecule is CC(C)(N)CC(=O)NCC1CCC(C(=O)O)CC1. The molecule has 5 heteroatoms. The van der Waals surface area contributed by atoms with Crippen LogP contribution in [-0.4, -0.2) is 29.1 Å². The zero-order valence-corrected chi connectivity index (χ0v) is 11.2. The van der Waals surface area contributed by atoms with Crippen molar-refractivity contribution in [2.75, 3.05) is 6.54 Å². The van der Waals surface area contributed by atoms with Crippen LogP contribution in [0.25, 0.3) is 0 Å². The average molecular weight is 256 g/mol. The van der Waals surface area contributed by atoms with Crippen molar-refractivity contribution in [1.29, 1.82) is 0 Å². The second kappa shape index (κ2) is 6.18. The molecular weight excluding hydrogens is 232 g/mol. The molecule has 0 atom stereocenters. The fourth-order valence-corrected chi connectivity index (χ4v) is 2.35. The number of carbonyl (C=O) groups is 2. The number of hydrogen-bond donors (Lipinski definition) is 3. The van der Waals surface area contributed by atoms with Crippen LogP contribution < -0.4 is 11.1 Å². The van der Waals surface area contributed by atoms with Crippen LogP contribution in [0.5, 0.6) is 0 Å². The molecule has 0 aromatic carbocycles. The second-order valence-electron chi connectivity index (χ2n) is 6.03. The van der Waals surface area contributed by atoms with Gasteiger partial charge in [-0.3, -0.25) is 9.59 Å². The van der Waals surface area contributed by atoms with Crippen LogP contribution in [0.4, 0.5) is 0 Å². The van der Waals surface area contributed by atoms with Crippen molar-refractivity contribution in [3.63, 3.8) is 0 Å². The van der Waals surface area contributed by atoms with Crippen LogP contribution in [0.2, 0.25) is 0 Å². The molecule has 0 aliphatic heterocycles. The third-order valence-corrected chi connectivity index (χ3v) is 3.40. The van der Waals surface area contributed by atoms with Crippen LogP contribution in [-0.2, 0) is 9.59 Å². The van der Waals surface area contributed by atoms with Gasteiger partial charge < -0.3 is 16.2 Å². The Labute approximate surface area is 108 Å². The molecule has 1 rings (SSSR count). The number of carboxylic acid groups (broad SMARTS) is 1. The van der Waals surface area contributed by atoms with Gasteiger partial charge in [0.15, 0.2) is 0 Å². The molecule has 1 aliphatic carbocycles. The number of carboxylic acids is 1. The molecule has 0 saturated heterocycles. The number of hydrogen-bond acceptors (Lipinski definition) is 3. The van der Waals surface area contributed by atoms with E-state index in [2.05, 4.69) is 5.32 Å². The number of aliphatic carboxylic acids is 1. The number of amides is 1. The summed E-state index contributed by atoms with van der Waals surface area (Å²) in [6.07, 6.45) is 3.51. The third kappa shape index (κ3) is 5.49. The highest BCUT2D eigenvalue weighted by molar-refractivity contribution is 5.77. The Bertz CT molecular complexity index is 302. The summed E-state index contributed by atoms with van der Waals surface area (Å²) in [5.74, 6) is -0.504. The standard InChI is InChI=1S/C13H24N2O3/c1-13(2,14)7-11(16)15-8-9-3-5-10(6-4-9)12(17)18/h9-10H,3-8,14H2,1-2H3,(H,15,16)(H,17,18). The summed E-state index contributed by atoms with van der Waals surface area (Å²) in [6, 6.07) is 0. The molecule has 1 fully saturated rings. The largest absolute Gasteiger partial charge is 0.481 e. The summed E-state index contributed by atoms with van der Waals surface area (Å²) in [5.41, 5.74) is 5.29. The maximum absolute atomic E-state index is 11.6. The number of rotatable bonds is 5. The lowest BCUT2D eigenvalue weighted by Crippen LogP contribution is -2.40. The Morgan fingerprint density at radius 2 is 1.83 bits per heavy atom. The van der Waals surface area contributed by atoms with Crippen molar-refractivity contribution in [1.82, 2.24) is 5.32 Å². The van der Waals surface area contributed by atoms with Gasteiger partial charge in [0.05, 0.1) is 5.92 Å².